The SMILES string of the molecule is Cc1ccc(NC(=O)N2C[C@H](C)Oc3ccccc32)cc1C. The van der Waals surface area contributed by atoms with Gasteiger partial charge in [-0.15, -0.1) is 0 Å². The fourth-order valence-electron chi connectivity index (χ4n) is 2.59. The second-order valence-corrected chi connectivity index (χ2v) is 5.74. The van der Waals surface area contributed by atoms with Crippen molar-refractivity contribution in [1.82, 2.24) is 0 Å². The average Bonchev–Trinajstić information content (AvgIpc) is 2.50. The van der Waals surface area contributed by atoms with Crippen molar-refractivity contribution in [1.29, 1.82) is 0 Å². The van der Waals surface area contributed by atoms with Gasteiger partial charge in [0.15, 0.2) is 0 Å². The average molecular weight is 296 g/mol. The monoisotopic (exact) mass is 296 g/mol. The van der Waals surface area contributed by atoms with Gasteiger partial charge in [0.25, 0.3) is 0 Å². The van der Waals surface area contributed by atoms with Crippen molar-refractivity contribution < 1.29 is 9.53 Å². The molecule has 0 spiro atoms. The lowest BCUT2D eigenvalue weighted by molar-refractivity contribution is 0.208. The summed E-state index contributed by atoms with van der Waals surface area (Å²) in [6.45, 7) is 6.60. The van der Waals surface area contributed by atoms with Crippen LogP contribution in [0.1, 0.15) is 18.1 Å². The van der Waals surface area contributed by atoms with Crippen molar-refractivity contribution in [2.75, 3.05) is 16.8 Å². The molecule has 0 saturated carbocycles. The molecule has 3 rings (SSSR count). The van der Waals surface area contributed by atoms with E-state index in [1.54, 1.807) is 4.90 Å². The fraction of sp³-hybridized carbons (Fsp3) is 0.278. The minimum absolute atomic E-state index is 0.0274. The number of benzene rings is 2. The van der Waals surface area contributed by atoms with Crippen LogP contribution >= 0.6 is 0 Å². The van der Waals surface area contributed by atoms with Gasteiger partial charge in [0.2, 0.25) is 0 Å². The number of nitrogens with zero attached hydrogens (tertiary/aromatic N) is 1. The Kier molecular flexibility index (Phi) is 3.75. The maximum absolute atomic E-state index is 12.6. The van der Waals surface area contributed by atoms with Gasteiger partial charge in [-0.2, -0.15) is 0 Å². The summed E-state index contributed by atoms with van der Waals surface area (Å²) in [6.07, 6.45) is -0.0274. The van der Waals surface area contributed by atoms with Crippen molar-refractivity contribution in [3.05, 3.63) is 53.6 Å². The van der Waals surface area contributed by atoms with Crippen LogP contribution in [0.3, 0.4) is 0 Å². The number of carbonyl (C=O) groups is 1. The number of aryl methyl sites for hydroxylation is 2. The summed E-state index contributed by atoms with van der Waals surface area (Å²) in [7, 11) is 0. The van der Waals surface area contributed by atoms with E-state index in [0.29, 0.717) is 6.54 Å². The Morgan fingerprint density at radius 3 is 2.73 bits per heavy atom. The lowest BCUT2D eigenvalue weighted by Crippen LogP contribution is -2.44. The number of urea groups is 1. The molecule has 1 aliphatic heterocycles. The first-order valence-corrected chi connectivity index (χ1v) is 7.46. The summed E-state index contributed by atoms with van der Waals surface area (Å²) in [4.78, 5) is 14.4. The quantitative estimate of drug-likeness (QED) is 0.860. The van der Waals surface area contributed by atoms with Gasteiger partial charge in [0.05, 0.1) is 12.2 Å². The van der Waals surface area contributed by atoms with Crippen LogP contribution in [-0.2, 0) is 0 Å². The molecule has 0 unspecified atom stereocenters. The number of ether oxygens (including phenoxy) is 1. The molecule has 1 heterocycles. The minimum atomic E-state index is -0.133. The topological polar surface area (TPSA) is 41.6 Å². The highest BCUT2D eigenvalue weighted by Gasteiger charge is 2.27. The predicted molar refractivity (Wildman–Crippen MR) is 88.8 cm³/mol. The van der Waals surface area contributed by atoms with Crippen molar-refractivity contribution in [3.63, 3.8) is 0 Å². The molecule has 4 heteroatoms. The number of hydrogen-bond acceptors (Lipinski definition) is 2. The van der Waals surface area contributed by atoms with E-state index < -0.39 is 0 Å². The van der Waals surface area contributed by atoms with E-state index in [1.807, 2.05) is 56.3 Å². The Hall–Kier alpha value is -2.49. The molecule has 1 atom stereocenters. The van der Waals surface area contributed by atoms with Crippen LogP contribution in [0.2, 0.25) is 0 Å². The summed E-state index contributed by atoms with van der Waals surface area (Å²) in [6, 6.07) is 13.4. The highest BCUT2D eigenvalue weighted by atomic mass is 16.5. The number of nitrogens with one attached hydrogen (secondary N) is 1. The standard InChI is InChI=1S/C18H20N2O2/c1-12-8-9-15(10-13(12)2)19-18(21)20-11-14(3)22-17-7-5-4-6-16(17)20/h4-10,14H,11H2,1-3H3,(H,19,21)/t14-/m0/s1. The Morgan fingerprint density at radius 2 is 1.95 bits per heavy atom. The molecule has 0 aromatic heterocycles. The van der Waals surface area contributed by atoms with Crippen LogP contribution in [0.4, 0.5) is 16.2 Å². The first kappa shape index (κ1) is 14.4. The summed E-state index contributed by atoms with van der Waals surface area (Å²) < 4.78 is 5.78. The third-order valence-electron chi connectivity index (χ3n) is 3.93. The van der Waals surface area contributed by atoms with Crippen molar-refractivity contribution >= 4 is 17.4 Å². The van der Waals surface area contributed by atoms with E-state index in [1.165, 1.54) is 5.56 Å². The van der Waals surface area contributed by atoms with Gasteiger partial charge in [0.1, 0.15) is 11.9 Å². The van der Waals surface area contributed by atoms with Gasteiger partial charge < -0.3 is 10.1 Å². The van der Waals surface area contributed by atoms with Gasteiger partial charge in [-0.25, -0.2) is 4.79 Å². The maximum Gasteiger partial charge on any atom is 0.326 e. The zero-order valence-electron chi connectivity index (χ0n) is 13.1. The molecule has 0 radical (unpaired) electrons. The van der Waals surface area contributed by atoms with Crippen LogP contribution in [0.5, 0.6) is 5.75 Å². The number of anilines is 2. The number of rotatable bonds is 1. The predicted octanol–water partition coefficient (Wildman–Crippen LogP) is 4.12. The number of amides is 2. The number of hydrogen-bond donors (Lipinski definition) is 1. The zero-order chi connectivity index (χ0) is 15.7. The Morgan fingerprint density at radius 1 is 1.18 bits per heavy atom. The molecule has 0 saturated heterocycles. The van der Waals surface area contributed by atoms with Crippen LogP contribution in [0, 0.1) is 13.8 Å². The third kappa shape index (κ3) is 2.77. The largest absolute Gasteiger partial charge is 0.487 e. The third-order valence-corrected chi connectivity index (χ3v) is 3.93. The van der Waals surface area contributed by atoms with E-state index >= 15 is 0 Å². The second kappa shape index (κ2) is 5.72. The minimum Gasteiger partial charge on any atom is -0.487 e. The molecule has 114 valence electrons. The highest BCUT2D eigenvalue weighted by Crippen LogP contribution is 2.33. The van der Waals surface area contributed by atoms with Crippen molar-refractivity contribution in [3.8, 4) is 5.75 Å². The summed E-state index contributed by atoms with van der Waals surface area (Å²) >= 11 is 0. The fourth-order valence-corrected chi connectivity index (χ4v) is 2.59. The smallest absolute Gasteiger partial charge is 0.326 e. The number of fused-ring (bicyclic) bond motifs is 1. The summed E-state index contributed by atoms with van der Waals surface area (Å²) in [5.74, 6) is 0.747. The molecule has 22 heavy (non-hydrogen) atoms. The highest BCUT2D eigenvalue weighted by molar-refractivity contribution is 6.03. The molecule has 1 N–H and O–H groups in total. The Bertz CT molecular complexity index is 712. The molecule has 2 aromatic rings. The van der Waals surface area contributed by atoms with Crippen LogP contribution in [-0.4, -0.2) is 18.7 Å². The first-order chi connectivity index (χ1) is 10.5. The summed E-state index contributed by atoms with van der Waals surface area (Å²) in [5, 5.41) is 2.97. The first-order valence-electron chi connectivity index (χ1n) is 7.46. The van der Waals surface area contributed by atoms with Crippen molar-refractivity contribution in [2.24, 2.45) is 0 Å². The molecule has 2 amide bonds. The maximum atomic E-state index is 12.6. The van der Waals surface area contributed by atoms with Gasteiger partial charge in [-0.1, -0.05) is 18.2 Å². The lowest BCUT2D eigenvalue weighted by Gasteiger charge is -2.33. The Labute approximate surface area is 130 Å². The summed E-state index contributed by atoms with van der Waals surface area (Å²) in [5.41, 5.74) is 3.99. The van der Waals surface area contributed by atoms with E-state index in [9.17, 15) is 4.79 Å². The van der Waals surface area contributed by atoms with Crippen LogP contribution < -0.4 is 15.0 Å². The lowest BCUT2D eigenvalue weighted by atomic mass is 10.1. The molecule has 0 bridgehead atoms. The molecular weight excluding hydrogens is 276 g/mol. The molecular formula is C18H20N2O2. The van der Waals surface area contributed by atoms with Crippen LogP contribution in [0.25, 0.3) is 0 Å². The second-order valence-electron chi connectivity index (χ2n) is 5.74. The number of carbonyl (C=O) groups excluding carboxylic acids is 1. The van der Waals surface area contributed by atoms with E-state index in [4.69, 9.17) is 4.74 Å². The molecule has 1 aliphatic rings. The molecule has 0 fully saturated rings. The molecule has 0 aliphatic carbocycles. The van der Waals surface area contributed by atoms with E-state index in [-0.39, 0.29) is 12.1 Å². The Balaban J connectivity index is 1.84. The van der Waals surface area contributed by atoms with Crippen LogP contribution in [0.15, 0.2) is 42.5 Å². The zero-order valence-corrected chi connectivity index (χ0v) is 13.1. The van der Waals surface area contributed by atoms with E-state index in [2.05, 4.69) is 12.2 Å². The van der Waals surface area contributed by atoms with Gasteiger partial charge in [-0.05, 0) is 56.2 Å². The van der Waals surface area contributed by atoms with Gasteiger partial charge >= 0.3 is 6.03 Å². The van der Waals surface area contributed by atoms with Gasteiger partial charge in [-0.3, -0.25) is 4.90 Å². The van der Waals surface area contributed by atoms with Crippen molar-refractivity contribution in [2.45, 2.75) is 26.9 Å². The van der Waals surface area contributed by atoms with E-state index in [0.717, 1.165) is 22.7 Å². The number of para-hydroxylation sites is 2. The molecule has 2 aromatic carbocycles. The normalized spacial score (nSPS) is 16.7. The van der Waals surface area contributed by atoms with Gasteiger partial charge in [0, 0.05) is 5.69 Å². The molecule has 4 nitrogen and oxygen atoms in total.